The van der Waals surface area contributed by atoms with Gasteiger partial charge in [0, 0.05) is 43.8 Å². The van der Waals surface area contributed by atoms with E-state index >= 15 is 0 Å². The molecule has 16 nitrogen and oxygen atoms in total. The molecular weight excluding hydrogens is 1780 g/mol. The summed E-state index contributed by atoms with van der Waals surface area (Å²) >= 11 is 0. The number of fused-ring (bicyclic) bond motifs is 20. The standard InChI is InChI=1S/C128H146N8O8/c1-65(2)81-41-33-42-82(66(3)4)113(81)137-105-57-97-98(58-106(105)138-114-83(67(5)6)43-34-44-84(114)68(7)8)122-129-121(97)133-123-99-59-107(139-115-85(69(9)10)45-35-46-86(115)70(11)12)108(140-116-87(71(13)14)47-36-48-88(116)72(15)16)60-100(99)125(130-123)135-127-103-63-111(143-119-93(77(25)26)53-39-54-94(119)78(27)28)112(144-120-95(79(29)30)55-40-56-96(120)80(31)32)64-104(103)128(132-127)136-126-102-62-110(142-118-91(75(21)22)51-38-52-92(118)76(23)24)109(61-101(102)124(131-126)134-122)141-117-89(73(17)18)49-37-50-90(117)74(19)20/h33-80H,1-32H3,(H2,129,130,131,132,133,134,135,136). The molecule has 17 rings (SSSR count). The number of hydrogen-bond acceptors (Lipinski definition) is 14. The fourth-order valence-electron chi connectivity index (χ4n) is 20.1. The highest BCUT2D eigenvalue weighted by atomic mass is 16.5. The van der Waals surface area contributed by atoms with Crippen LogP contribution in [0.2, 0.25) is 0 Å². The van der Waals surface area contributed by atoms with Crippen molar-refractivity contribution in [2.45, 2.75) is 316 Å². The molecule has 0 unspecified atom stereocenters. The topological polar surface area (TPSA) is 183 Å². The van der Waals surface area contributed by atoms with Gasteiger partial charge in [-0.25, -0.2) is 29.9 Å². The number of aromatic amines is 2. The number of rotatable bonds is 32. The van der Waals surface area contributed by atoms with Crippen molar-refractivity contribution in [1.29, 1.82) is 0 Å². The predicted octanol–water partition coefficient (Wildman–Crippen LogP) is 39.2. The highest BCUT2D eigenvalue weighted by molar-refractivity contribution is 6.08. The molecule has 12 aromatic carbocycles. The van der Waals surface area contributed by atoms with E-state index in [2.05, 4.69) is 426 Å². The lowest BCUT2D eigenvalue weighted by Crippen LogP contribution is -2.04. The normalized spacial score (nSPS) is 12.3. The van der Waals surface area contributed by atoms with Gasteiger partial charge in [-0.1, -0.05) is 367 Å². The van der Waals surface area contributed by atoms with Crippen LogP contribution in [0.4, 0.5) is 0 Å². The molecule has 8 bridgehead atoms. The minimum atomic E-state index is 0.0689. The summed E-state index contributed by atoms with van der Waals surface area (Å²) in [6.45, 7) is 70.9. The maximum absolute atomic E-state index is 7.78. The molecule has 0 radical (unpaired) electrons. The summed E-state index contributed by atoms with van der Waals surface area (Å²) in [4.78, 5) is 43.6. The van der Waals surface area contributed by atoms with Crippen molar-refractivity contribution in [3.63, 3.8) is 0 Å². The molecule has 0 aliphatic carbocycles. The molecule has 3 aromatic heterocycles. The summed E-state index contributed by atoms with van der Waals surface area (Å²) in [5.74, 6) is 12.0. The predicted molar refractivity (Wildman–Crippen MR) is 594 cm³/mol. The van der Waals surface area contributed by atoms with E-state index < -0.39 is 0 Å². The Morgan fingerprint density at radius 1 is 0.153 bits per heavy atom. The molecule has 2 aliphatic rings. The Bertz CT molecular complexity index is 6490. The fourth-order valence-corrected chi connectivity index (χ4v) is 20.1. The Kier molecular flexibility index (Phi) is 29.4. The van der Waals surface area contributed by atoms with Crippen LogP contribution in [0.3, 0.4) is 0 Å². The molecule has 746 valence electrons. The molecule has 0 spiro atoms. The Labute approximate surface area is 853 Å². The quantitative estimate of drug-likeness (QED) is 0.0406. The second kappa shape index (κ2) is 41.6. The van der Waals surface area contributed by atoms with Gasteiger partial charge in [0.15, 0.2) is 69.3 Å². The first kappa shape index (κ1) is 102. The monoisotopic (exact) mass is 1920 g/mol. The highest BCUT2D eigenvalue weighted by Gasteiger charge is 2.35. The maximum Gasteiger partial charge on any atom is 0.170 e. The van der Waals surface area contributed by atoms with Crippen LogP contribution >= 0.6 is 0 Å². The van der Waals surface area contributed by atoms with Crippen molar-refractivity contribution in [3.05, 3.63) is 283 Å². The van der Waals surface area contributed by atoms with E-state index in [0.717, 1.165) is 135 Å². The number of H-pyrrole nitrogens is 2. The lowest BCUT2D eigenvalue weighted by atomic mass is 9.93. The minimum absolute atomic E-state index is 0.0689. The van der Waals surface area contributed by atoms with Gasteiger partial charge in [-0.05, 0) is 232 Å². The first-order valence-corrected chi connectivity index (χ1v) is 52.6. The molecule has 0 atom stereocenters. The average Bonchev–Trinajstić information content (AvgIpc) is 1.62. The Balaban J connectivity index is 1.09. The number of benzene rings is 12. The fraction of sp³-hybridized carbons (Fsp3) is 0.375. The zero-order valence-electron chi connectivity index (χ0n) is 90.7. The molecule has 0 saturated carbocycles. The summed E-state index contributed by atoms with van der Waals surface area (Å²) in [7, 11) is 0. The molecule has 5 heterocycles. The van der Waals surface area contributed by atoms with Gasteiger partial charge in [0.1, 0.15) is 68.6 Å². The minimum Gasteiger partial charge on any atom is -0.453 e. The smallest absolute Gasteiger partial charge is 0.170 e. The molecule has 2 aliphatic heterocycles. The van der Waals surface area contributed by atoms with Crippen LogP contribution in [0, 0.1) is 0 Å². The molecular formula is C128H146N8O8. The van der Waals surface area contributed by atoms with Gasteiger partial charge in [0.25, 0.3) is 0 Å². The zero-order chi connectivity index (χ0) is 103. The van der Waals surface area contributed by atoms with Gasteiger partial charge in [0.05, 0.1) is 0 Å². The molecule has 15 aromatic rings. The van der Waals surface area contributed by atoms with Gasteiger partial charge in [-0.2, -0.15) is 0 Å². The second-order valence-corrected chi connectivity index (χ2v) is 44.4. The summed E-state index contributed by atoms with van der Waals surface area (Å²) in [5.41, 5.74) is 20.8. The van der Waals surface area contributed by atoms with Crippen LogP contribution in [0.1, 0.15) is 405 Å². The van der Waals surface area contributed by atoms with E-state index in [-0.39, 0.29) is 94.7 Å². The summed E-state index contributed by atoms with van der Waals surface area (Å²) in [6.07, 6.45) is 0. The van der Waals surface area contributed by atoms with Crippen molar-refractivity contribution in [3.8, 4) is 138 Å². The molecule has 144 heavy (non-hydrogen) atoms. The number of nitrogens with zero attached hydrogens (tertiary/aromatic N) is 6. The third kappa shape index (κ3) is 20.0. The van der Waals surface area contributed by atoms with E-state index in [1.165, 1.54) is 0 Å². The Morgan fingerprint density at radius 3 is 0.375 bits per heavy atom. The first-order chi connectivity index (χ1) is 68.6. The largest absolute Gasteiger partial charge is 0.453 e. The number of ether oxygens (including phenoxy) is 8. The number of aromatic nitrogens is 8. The van der Waals surface area contributed by atoms with Gasteiger partial charge >= 0.3 is 0 Å². The summed E-state index contributed by atoms with van der Waals surface area (Å²) in [6, 6.07) is 68.3. The zero-order valence-corrected chi connectivity index (χ0v) is 90.7. The number of hydrogen-bond donors (Lipinski definition) is 2. The lowest BCUT2D eigenvalue weighted by molar-refractivity contribution is 0.404. The molecule has 16 heteroatoms. The second-order valence-electron chi connectivity index (χ2n) is 44.4. The van der Waals surface area contributed by atoms with E-state index in [4.69, 9.17) is 67.8 Å². The van der Waals surface area contributed by atoms with Gasteiger partial charge in [0.2, 0.25) is 0 Å². The van der Waals surface area contributed by atoms with E-state index in [9.17, 15) is 0 Å². The van der Waals surface area contributed by atoms with E-state index in [1.807, 2.05) is 0 Å². The molecule has 0 fully saturated rings. The van der Waals surface area contributed by atoms with Crippen LogP contribution < -0.4 is 37.9 Å². The van der Waals surface area contributed by atoms with Crippen LogP contribution in [0.5, 0.6) is 92.0 Å². The van der Waals surface area contributed by atoms with Crippen molar-refractivity contribution in [1.82, 2.24) is 39.9 Å². The maximum atomic E-state index is 7.78. The van der Waals surface area contributed by atoms with Crippen LogP contribution in [0.25, 0.3) is 89.7 Å². The SMILES string of the molecule is CC(C)c1cccc(C(C)C)c1Oc1cc2c(cc1Oc1c(C(C)C)cccc1C(C)C)-c1nc-2nc2[nH]c(nc3nc(nc4[nH]c(n1)c1cc(Oc5c(C(C)C)cccc5C(C)C)c(Oc5c(C(C)C)cccc5C(C)C)cc41)-c1cc(Oc4c(C(C)C)cccc4C(C)C)c(Oc4c(C(C)C)cccc4C(C)C)cc1-3)c1cc(Oc3c(C(C)C)cccc3C(C)C)c(Oc3c(C(C)C)cccc3C(C)C)cc21. The third-order valence-corrected chi connectivity index (χ3v) is 28.3. The van der Waals surface area contributed by atoms with E-state index in [0.29, 0.717) is 136 Å². The summed E-state index contributed by atoms with van der Waals surface area (Å²) in [5, 5.41) is 2.55. The number of para-hydroxylation sites is 8. The molecule has 0 amide bonds. The molecule has 0 saturated heterocycles. The van der Waals surface area contributed by atoms with Crippen LogP contribution in [-0.4, -0.2) is 39.9 Å². The first-order valence-electron chi connectivity index (χ1n) is 52.6. The highest BCUT2D eigenvalue weighted by Crippen LogP contribution is 2.57. The Morgan fingerprint density at radius 2 is 0.264 bits per heavy atom. The summed E-state index contributed by atoms with van der Waals surface area (Å²) < 4.78 is 62.2. The van der Waals surface area contributed by atoms with Crippen molar-refractivity contribution in [2.24, 2.45) is 0 Å². The van der Waals surface area contributed by atoms with Gasteiger partial charge < -0.3 is 47.9 Å². The van der Waals surface area contributed by atoms with E-state index in [1.54, 1.807) is 0 Å². The lowest BCUT2D eigenvalue weighted by Gasteiger charge is -2.24. The van der Waals surface area contributed by atoms with Crippen molar-refractivity contribution < 1.29 is 37.9 Å². The Hall–Kier alpha value is -13.6. The van der Waals surface area contributed by atoms with Crippen LogP contribution in [-0.2, 0) is 0 Å². The van der Waals surface area contributed by atoms with Gasteiger partial charge in [-0.15, -0.1) is 0 Å². The van der Waals surface area contributed by atoms with Gasteiger partial charge in [-0.3, -0.25) is 0 Å². The van der Waals surface area contributed by atoms with Crippen LogP contribution in [0.15, 0.2) is 194 Å². The van der Waals surface area contributed by atoms with Crippen molar-refractivity contribution in [2.75, 3.05) is 0 Å². The number of nitrogens with one attached hydrogen (secondary N) is 2. The van der Waals surface area contributed by atoms with Crippen molar-refractivity contribution >= 4 is 44.1 Å². The molecule has 2 N–H and O–H groups in total. The average molecular weight is 1920 g/mol. The third-order valence-electron chi connectivity index (χ3n) is 28.3.